The Bertz CT molecular complexity index is 716. The van der Waals surface area contributed by atoms with Crippen LogP contribution in [0.3, 0.4) is 0 Å². The predicted octanol–water partition coefficient (Wildman–Crippen LogP) is 0.887. The Morgan fingerprint density at radius 2 is 1.85 bits per heavy atom. The maximum Gasteiger partial charge on any atom is 0.160 e. The normalized spacial score (nSPS) is 32.7. The predicted molar refractivity (Wildman–Crippen MR) is 102 cm³/mol. The van der Waals surface area contributed by atoms with Crippen LogP contribution in [0, 0.1) is 0 Å². The van der Waals surface area contributed by atoms with Crippen LogP contribution < -0.4 is 9.64 Å². The maximum absolute atomic E-state index is 10.6. The molecule has 2 aliphatic heterocycles. The number of fused-ring (bicyclic) bond motifs is 1. The Morgan fingerprint density at radius 1 is 1.15 bits per heavy atom. The van der Waals surface area contributed by atoms with Crippen LogP contribution in [0.1, 0.15) is 33.3 Å². The summed E-state index contributed by atoms with van der Waals surface area (Å²) in [4.78, 5) is 1.88. The summed E-state index contributed by atoms with van der Waals surface area (Å²) in [6, 6.07) is 5.70. The Morgan fingerprint density at radius 3 is 2.48 bits per heavy atom. The third-order valence-corrected chi connectivity index (χ3v) is 5.28. The van der Waals surface area contributed by atoms with Crippen molar-refractivity contribution in [1.29, 1.82) is 0 Å². The number of hydrogen-bond acceptors (Lipinski definition) is 7. The molecule has 0 aliphatic carbocycles. The number of nitrogens with zero attached hydrogens (tertiary/aromatic N) is 1. The van der Waals surface area contributed by atoms with E-state index in [1.54, 1.807) is 0 Å². The molecule has 1 saturated heterocycles. The average Bonchev–Trinajstić information content (AvgIpc) is 2.61. The van der Waals surface area contributed by atoms with Crippen LogP contribution in [0.15, 0.2) is 24.3 Å². The maximum atomic E-state index is 10.6. The molecule has 7 heteroatoms. The summed E-state index contributed by atoms with van der Waals surface area (Å²) in [5, 5.41) is 40.5. The van der Waals surface area contributed by atoms with E-state index < -0.39 is 42.8 Å². The van der Waals surface area contributed by atoms with E-state index in [1.807, 2.05) is 50.8 Å². The zero-order valence-electron chi connectivity index (χ0n) is 16.2. The molecule has 0 bridgehead atoms. The van der Waals surface area contributed by atoms with Crippen molar-refractivity contribution in [1.82, 2.24) is 0 Å². The highest BCUT2D eigenvalue weighted by Crippen LogP contribution is 2.43. The highest BCUT2D eigenvalue weighted by molar-refractivity contribution is 5.82. The number of hydrogen-bond donors (Lipinski definition) is 4. The van der Waals surface area contributed by atoms with E-state index in [-0.39, 0.29) is 0 Å². The lowest BCUT2D eigenvalue weighted by Crippen LogP contribution is -2.67. The molecule has 0 radical (unpaired) electrons. The van der Waals surface area contributed by atoms with E-state index in [2.05, 4.69) is 6.08 Å². The molecule has 1 fully saturated rings. The summed E-state index contributed by atoms with van der Waals surface area (Å²) in [5.74, 6) is 0.748. The number of rotatable bonds is 4. The molecule has 0 aromatic heterocycles. The van der Waals surface area contributed by atoms with E-state index >= 15 is 0 Å². The smallest absolute Gasteiger partial charge is 0.160 e. The van der Waals surface area contributed by atoms with Crippen LogP contribution in [0.5, 0.6) is 5.75 Å². The minimum absolute atomic E-state index is 0.458. The van der Waals surface area contributed by atoms with Gasteiger partial charge in [0.25, 0.3) is 0 Å². The van der Waals surface area contributed by atoms with Gasteiger partial charge in [0.1, 0.15) is 30.2 Å². The molecule has 0 unspecified atom stereocenters. The van der Waals surface area contributed by atoms with Crippen LogP contribution in [0.25, 0.3) is 5.57 Å². The number of aliphatic hydroxyl groups is 4. The molecule has 1 aromatic carbocycles. The molecular formula is C20H29NO6. The lowest BCUT2D eigenvalue weighted by molar-refractivity contribution is -0.230. The summed E-state index contributed by atoms with van der Waals surface area (Å²) in [5.41, 5.74) is 2.31. The van der Waals surface area contributed by atoms with Crippen LogP contribution in [-0.2, 0) is 4.74 Å². The van der Waals surface area contributed by atoms with Gasteiger partial charge in [0.05, 0.1) is 18.8 Å². The van der Waals surface area contributed by atoms with Crippen molar-refractivity contribution in [3.8, 4) is 5.75 Å². The number of ether oxygens (including phenoxy) is 2. The molecule has 1 aromatic rings. The lowest BCUT2D eigenvalue weighted by atomic mass is 9.86. The molecule has 5 atom stereocenters. The minimum Gasteiger partial charge on any atom is -0.494 e. The molecule has 0 amide bonds. The van der Waals surface area contributed by atoms with Gasteiger partial charge in [0.15, 0.2) is 6.23 Å². The first kappa shape index (κ1) is 20.1. The summed E-state index contributed by atoms with van der Waals surface area (Å²) in [7, 11) is 0. The average molecular weight is 379 g/mol. The Hall–Kier alpha value is -1.64. The summed E-state index contributed by atoms with van der Waals surface area (Å²) < 4.78 is 11.4. The van der Waals surface area contributed by atoms with Crippen LogP contribution in [-0.4, -0.2) is 69.8 Å². The van der Waals surface area contributed by atoms with E-state index in [4.69, 9.17) is 9.47 Å². The molecule has 0 spiro atoms. The quantitative estimate of drug-likeness (QED) is 0.616. The molecule has 3 rings (SSSR count). The second-order valence-corrected chi connectivity index (χ2v) is 7.68. The molecule has 2 heterocycles. The van der Waals surface area contributed by atoms with E-state index in [0.717, 1.165) is 22.6 Å². The fraction of sp³-hybridized carbons (Fsp3) is 0.600. The fourth-order valence-corrected chi connectivity index (χ4v) is 4.05. The molecule has 27 heavy (non-hydrogen) atoms. The van der Waals surface area contributed by atoms with Gasteiger partial charge in [-0.1, -0.05) is 6.08 Å². The Labute approximate surface area is 159 Å². The van der Waals surface area contributed by atoms with Crippen LogP contribution in [0.2, 0.25) is 0 Å². The van der Waals surface area contributed by atoms with Crippen molar-refractivity contribution in [2.75, 3.05) is 18.1 Å². The standard InChI is InChI=1S/C20H29NO6/c1-5-26-12-6-7-14-13(8-12)11(2)9-20(3,4)21(14)19-18(25)17(24)16(23)15(10-22)27-19/h6-9,15-19,22-25H,5,10H2,1-4H3/t15-,16-,17+,18-,19-/m1/s1. The molecule has 4 N–H and O–H groups in total. The minimum atomic E-state index is -1.42. The second-order valence-electron chi connectivity index (χ2n) is 7.68. The van der Waals surface area contributed by atoms with Crippen molar-refractivity contribution in [2.45, 2.75) is 63.9 Å². The topological polar surface area (TPSA) is 103 Å². The second kappa shape index (κ2) is 7.41. The summed E-state index contributed by atoms with van der Waals surface area (Å²) in [6.07, 6.45) is -3.97. The van der Waals surface area contributed by atoms with Crippen LogP contribution in [0.4, 0.5) is 5.69 Å². The number of allylic oxidation sites excluding steroid dienone is 1. The fourth-order valence-electron chi connectivity index (χ4n) is 4.05. The third-order valence-electron chi connectivity index (χ3n) is 5.28. The van der Waals surface area contributed by atoms with Gasteiger partial charge in [0.2, 0.25) is 0 Å². The molecule has 2 aliphatic rings. The summed E-state index contributed by atoms with van der Waals surface area (Å²) >= 11 is 0. The lowest BCUT2D eigenvalue weighted by Gasteiger charge is -2.52. The van der Waals surface area contributed by atoms with Gasteiger partial charge in [-0.05, 0) is 51.5 Å². The Balaban J connectivity index is 2.06. The van der Waals surface area contributed by atoms with Crippen molar-refractivity contribution in [3.63, 3.8) is 0 Å². The molecule has 7 nitrogen and oxygen atoms in total. The molecular weight excluding hydrogens is 350 g/mol. The zero-order chi connectivity index (χ0) is 19.9. The van der Waals surface area contributed by atoms with Gasteiger partial charge in [-0.2, -0.15) is 0 Å². The zero-order valence-corrected chi connectivity index (χ0v) is 16.2. The molecule has 150 valence electrons. The number of anilines is 1. The van der Waals surface area contributed by atoms with E-state index in [0.29, 0.717) is 6.61 Å². The van der Waals surface area contributed by atoms with Crippen molar-refractivity contribution >= 4 is 11.3 Å². The van der Waals surface area contributed by atoms with Gasteiger partial charge in [-0.3, -0.25) is 0 Å². The van der Waals surface area contributed by atoms with E-state index in [9.17, 15) is 20.4 Å². The number of aliphatic hydroxyl groups excluding tert-OH is 4. The van der Waals surface area contributed by atoms with Gasteiger partial charge in [-0.15, -0.1) is 0 Å². The number of benzene rings is 1. The van der Waals surface area contributed by atoms with Crippen LogP contribution >= 0.6 is 0 Å². The Kier molecular flexibility index (Phi) is 5.52. The molecule has 0 saturated carbocycles. The van der Waals surface area contributed by atoms with Gasteiger partial charge < -0.3 is 34.8 Å². The van der Waals surface area contributed by atoms with Crippen molar-refractivity contribution in [3.05, 3.63) is 29.8 Å². The highest BCUT2D eigenvalue weighted by Gasteiger charge is 2.49. The van der Waals surface area contributed by atoms with Gasteiger partial charge in [0, 0.05) is 11.3 Å². The van der Waals surface area contributed by atoms with Crippen molar-refractivity contribution < 1.29 is 29.9 Å². The van der Waals surface area contributed by atoms with Gasteiger partial charge >= 0.3 is 0 Å². The first-order chi connectivity index (χ1) is 12.7. The monoisotopic (exact) mass is 379 g/mol. The largest absolute Gasteiger partial charge is 0.494 e. The summed E-state index contributed by atoms with van der Waals surface area (Å²) in [6.45, 7) is 8.01. The first-order valence-corrected chi connectivity index (χ1v) is 9.27. The first-order valence-electron chi connectivity index (χ1n) is 9.27. The van der Waals surface area contributed by atoms with Crippen molar-refractivity contribution in [2.24, 2.45) is 0 Å². The highest BCUT2D eigenvalue weighted by atomic mass is 16.6. The van der Waals surface area contributed by atoms with E-state index in [1.165, 1.54) is 0 Å². The third kappa shape index (κ3) is 3.46. The van der Waals surface area contributed by atoms with Gasteiger partial charge in [-0.25, -0.2) is 0 Å². The SMILES string of the molecule is CCOc1ccc2c(c1)C(C)=CC(C)(C)N2[C@@H]1O[C@H](CO)[C@@H](O)[C@H](O)[C@H]1O.